The molecule has 1 fully saturated rings. The van der Waals surface area contributed by atoms with Crippen LogP contribution in [-0.2, 0) is 18.4 Å². The maximum Gasteiger partial charge on any atom is 0.237 e. The molecule has 1 aliphatic heterocycles. The zero-order chi connectivity index (χ0) is 15.4. The van der Waals surface area contributed by atoms with Crippen molar-refractivity contribution in [3.8, 4) is 5.88 Å². The fourth-order valence-electron chi connectivity index (χ4n) is 2.82. The number of hydrogen-bond donors (Lipinski definition) is 2. The van der Waals surface area contributed by atoms with Crippen molar-refractivity contribution in [3.05, 3.63) is 11.3 Å². The lowest BCUT2D eigenvalue weighted by Gasteiger charge is -2.16. The van der Waals surface area contributed by atoms with Gasteiger partial charge in [0.05, 0.1) is 24.4 Å². The number of amides is 1. The van der Waals surface area contributed by atoms with Gasteiger partial charge >= 0.3 is 0 Å². The van der Waals surface area contributed by atoms with Gasteiger partial charge < -0.3 is 15.4 Å². The van der Waals surface area contributed by atoms with Crippen LogP contribution in [0.2, 0.25) is 0 Å². The molecule has 6 heteroatoms. The fraction of sp³-hybridized carbons (Fsp3) is 0.733. The number of methoxy groups -OCH3 is 1. The molecule has 0 aliphatic carbocycles. The molecule has 1 saturated heterocycles. The molecule has 1 aliphatic rings. The first kappa shape index (κ1) is 15.8. The van der Waals surface area contributed by atoms with Crippen molar-refractivity contribution in [2.24, 2.45) is 7.05 Å². The van der Waals surface area contributed by atoms with Gasteiger partial charge in [-0.3, -0.25) is 4.79 Å². The van der Waals surface area contributed by atoms with Crippen molar-refractivity contribution in [2.45, 2.75) is 51.6 Å². The number of aryl methyl sites for hydroxylation is 1. The van der Waals surface area contributed by atoms with E-state index in [4.69, 9.17) is 4.74 Å². The van der Waals surface area contributed by atoms with Gasteiger partial charge in [0.15, 0.2) is 0 Å². The maximum absolute atomic E-state index is 12.0. The second-order valence-corrected chi connectivity index (χ2v) is 5.87. The van der Waals surface area contributed by atoms with Crippen LogP contribution in [0.15, 0.2) is 0 Å². The zero-order valence-corrected chi connectivity index (χ0v) is 13.4. The van der Waals surface area contributed by atoms with Gasteiger partial charge in [0.25, 0.3) is 0 Å². The third-order valence-electron chi connectivity index (χ3n) is 3.92. The van der Waals surface area contributed by atoms with Gasteiger partial charge in [-0.2, -0.15) is 5.10 Å². The Hall–Kier alpha value is -1.56. The predicted octanol–water partition coefficient (Wildman–Crippen LogP) is 1.31. The van der Waals surface area contributed by atoms with E-state index in [-0.39, 0.29) is 11.9 Å². The molecule has 2 N–H and O–H groups in total. The maximum atomic E-state index is 12.0. The number of aromatic nitrogens is 2. The number of nitrogens with one attached hydrogen (secondary N) is 2. The van der Waals surface area contributed by atoms with Crippen molar-refractivity contribution in [1.82, 2.24) is 20.4 Å². The van der Waals surface area contributed by atoms with E-state index in [0.29, 0.717) is 12.5 Å². The first-order valence-electron chi connectivity index (χ1n) is 7.65. The van der Waals surface area contributed by atoms with Crippen molar-refractivity contribution < 1.29 is 9.53 Å². The Labute approximate surface area is 126 Å². The zero-order valence-electron chi connectivity index (χ0n) is 13.4. The second-order valence-electron chi connectivity index (χ2n) is 5.87. The summed E-state index contributed by atoms with van der Waals surface area (Å²) >= 11 is 0. The van der Waals surface area contributed by atoms with E-state index in [2.05, 4.69) is 29.6 Å². The first-order chi connectivity index (χ1) is 10.0. The minimum atomic E-state index is -0.127. The molecule has 0 aromatic carbocycles. The van der Waals surface area contributed by atoms with E-state index in [1.165, 1.54) is 0 Å². The lowest BCUT2D eigenvalue weighted by atomic mass is 10.0. The fourth-order valence-corrected chi connectivity index (χ4v) is 2.82. The Morgan fingerprint density at radius 1 is 1.48 bits per heavy atom. The molecule has 2 heterocycles. The predicted molar refractivity (Wildman–Crippen MR) is 81.3 cm³/mol. The summed E-state index contributed by atoms with van der Waals surface area (Å²) < 4.78 is 7.22. The summed E-state index contributed by atoms with van der Waals surface area (Å²) in [4.78, 5) is 12.0. The Kier molecular flexibility index (Phi) is 5.22. The van der Waals surface area contributed by atoms with Crippen molar-refractivity contribution in [2.75, 3.05) is 13.7 Å². The highest BCUT2D eigenvalue weighted by Gasteiger charge is 2.23. The van der Waals surface area contributed by atoms with Crippen LogP contribution in [-0.4, -0.2) is 35.4 Å². The molecule has 0 unspecified atom stereocenters. The SMILES string of the molecule is COc1c(CN[C@H]2CCCCNC2=O)c(C(C)C)nn1C. The Balaban J connectivity index is 2.13. The molecule has 0 saturated carbocycles. The number of carbonyl (C=O) groups excluding carboxylic acids is 1. The van der Waals surface area contributed by atoms with E-state index >= 15 is 0 Å². The van der Waals surface area contributed by atoms with Gasteiger partial charge in [0, 0.05) is 20.1 Å². The quantitative estimate of drug-likeness (QED) is 0.859. The normalized spacial score (nSPS) is 19.5. The van der Waals surface area contributed by atoms with Gasteiger partial charge in [0.2, 0.25) is 11.8 Å². The molecule has 0 spiro atoms. The average molecular weight is 294 g/mol. The molecule has 2 rings (SSSR count). The molecular weight excluding hydrogens is 268 g/mol. The summed E-state index contributed by atoms with van der Waals surface area (Å²) in [5, 5.41) is 10.8. The monoisotopic (exact) mass is 294 g/mol. The van der Waals surface area contributed by atoms with Crippen molar-refractivity contribution >= 4 is 5.91 Å². The number of carbonyl (C=O) groups is 1. The molecular formula is C15H26N4O2. The molecule has 6 nitrogen and oxygen atoms in total. The Bertz CT molecular complexity index is 496. The molecule has 21 heavy (non-hydrogen) atoms. The van der Waals surface area contributed by atoms with Gasteiger partial charge in [-0.15, -0.1) is 0 Å². The molecule has 1 aromatic rings. The van der Waals surface area contributed by atoms with Gasteiger partial charge in [-0.25, -0.2) is 4.68 Å². The van der Waals surface area contributed by atoms with Crippen LogP contribution in [0.5, 0.6) is 5.88 Å². The standard InChI is InChI=1S/C15H26N4O2/c1-10(2)13-11(15(21-4)19(3)18-13)9-17-12-7-5-6-8-16-14(12)20/h10,12,17H,5-9H2,1-4H3,(H,16,20)/t12-/m0/s1. The van der Waals surface area contributed by atoms with Gasteiger partial charge in [-0.1, -0.05) is 13.8 Å². The van der Waals surface area contributed by atoms with E-state index in [9.17, 15) is 4.79 Å². The largest absolute Gasteiger partial charge is 0.481 e. The van der Waals surface area contributed by atoms with Crippen LogP contribution in [0.3, 0.4) is 0 Å². The molecule has 1 amide bonds. The van der Waals surface area contributed by atoms with Crippen LogP contribution in [0, 0.1) is 0 Å². The highest BCUT2D eigenvalue weighted by atomic mass is 16.5. The van der Waals surface area contributed by atoms with E-state index < -0.39 is 0 Å². The number of nitrogens with zero attached hydrogens (tertiary/aromatic N) is 2. The summed E-state index contributed by atoms with van der Waals surface area (Å²) in [5.41, 5.74) is 2.07. The minimum absolute atomic E-state index is 0.0986. The minimum Gasteiger partial charge on any atom is -0.481 e. The summed E-state index contributed by atoms with van der Waals surface area (Å²) in [6.07, 6.45) is 3.00. The van der Waals surface area contributed by atoms with Crippen LogP contribution < -0.4 is 15.4 Å². The molecule has 1 atom stereocenters. The summed E-state index contributed by atoms with van der Waals surface area (Å²) in [5.74, 6) is 1.18. The summed E-state index contributed by atoms with van der Waals surface area (Å²) in [6.45, 7) is 5.61. The third kappa shape index (κ3) is 3.56. The molecule has 118 valence electrons. The van der Waals surface area contributed by atoms with Crippen molar-refractivity contribution in [3.63, 3.8) is 0 Å². The van der Waals surface area contributed by atoms with Crippen molar-refractivity contribution in [1.29, 1.82) is 0 Å². The molecule has 0 bridgehead atoms. The Morgan fingerprint density at radius 2 is 2.24 bits per heavy atom. The highest BCUT2D eigenvalue weighted by molar-refractivity contribution is 5.81. The first-order valence-corrected chi connectivity index (χ1v) is 7.65. The number of ether oxygens (including phenoxy) is 1. The second kappa shape index (κ2) is 6.93. The lowest BCUT2D eigenvalue weighted by Crippen LogP contribution is -2.42. The highest BCUT2D eigenvalue weighted by Crippen LogP contribution is 2.27. The summed E-state index contributed by atoms with van der Waals surface area (Å²) in [6, 6.07) is -0.127. The van der Waals surface area contributed by atoms with Crippen LogP contribution in [0.4, 0.5) is 0 Å². The third-order valence-corrected chi connectivity index (χ3v) is 3.92. The van der Waals surface area contributed by atoms with Gasteiger partial charge in [0.1, 0.15) is 0 Å². The Morgan fingerprint density at radius 3 is 2.90 bits per heavy atom. The van der Waals surface area contributed by atoms with E-state index in [1.807, 2.05) is 7.05 Å². The van der Waals surface area contributed by atoms with E-state index in [1.54, 1.807) is 11.8 Å². The van der Waals surface area contributed by atoms with E-state index in [0.717, 1.165) is 42.9 Å². The smallest absolute Gasteiger partial charge is 0.237 e. The van der Waals surface area contributed by atoms with Gasteiger partial charge in [-0.05, 0) is 25.2 Å². The van der Waals surface area contributed by atoms with Crippen LogP contribution >= 0.6 is 0 Å². The molecule has 1 aromatic heterocycles. The number of rotatable bonds is 5. The topological polar surface area (TPSA) is 68.2 Å². The number of hydrogen-bond acceptors (Lipinski definition) is 4. The average Bonchev–Trinajstić information content (AvgIpc) is 2.62. The van der Waals surface area contributed by atoms with Crippen LogP contribution in [0.1, 0.15) is 50.3 Å². The van der Waals surface area contributed by atoms with Crippen LogP contribution in [0.25, 0.3) is 0 Å². The summed E-state index contributed by atoms with van der Waals surface area (Å²) in [7, 11) is 3.54. The molecule has 0 radical (unpaired) electrons. The lowest BCUT2D eigenvalue weighted by molar-refractivity contribution is -0.122.